The maximum Gasteiger partial charge on any atom is 0.236 e. The molecule has 1 unspecified atom stereocenters. The monoisotopic (exact) mass is 274 g/mol. The molecular weight excluding hydrogens is 248 g/mol. The standard InChI is InChI=1S/C17H26N2O/c1-13-8-10-15(11-9-13)14(2)19(3)17(20)12-18-16-6-4-5-7-16/h8-11,14,16,18H,4-7,12H2,1-3H3. The van der Waals surface area contributed by atoms with Gasteiger partial charge in [0.2, 0.25) is 5.91 Å². The van der Waals surface area contributed by atoms with Gasteiger partial charge in [-0.1, -0.05) is 42.7 Å². The Morgan fingerprint density at radius 3 is 2.50 bits per heavy atom. The number of carbonyl (C=O) groups is 1. The molecule has 0 spiro atoms. The highest BCUT2D eigenvalue weighted by Crippen LogP contribution is 2.20. The lowest BCUT2D eigenvalue weighted by atomic mass is 10.1. The van der Waals surface area contributed by atoms with Crippen LogP contribution in [0.3, 0.4) is 0 Å². The fourth-order valence-electron chi connectivity index (χ4n) is 2.77. The van der Waals surface area contributed by atoms with Crippen molar-refractivity contribution >= 4 is 5.91 Å². The molecule has 1 aromatic carbocycles. The molecule has 2 rings (SSSR count). The molecule has 1 aliphatic rings. The Labute approximate surface area is 122 Å². The van der Waals surface area contributed by atoms with Crippen molar-refractivity contribution in [2.75, 3.05) is 13.6 Å². The Morgan fingerprint density at radius 2 is 1.90 bits per heavy atom. The van der Waals surface area contributed by atoms with Gasteiger partial charge in [-0.2, -0.15) is 0 Å². The molecule has 0 saturated heterocycles. The van der Waals surface area contributed by atoms with E-state index in [4.69, 9.17) is 0 Å². The van der Waals surface area contributed by atoms with E-state index in [1.807, 2.05) is 11.9 Å². The SMILES string of the molecule is Cc1ccc(C(C)N(C)C(=O)CNC2CCCC2)cc1. The molecule has 3 heteroatoms. The zero-order chi connectivity index (χ0) is 14.5. The molecule has 1 saturated carbocycles. The minimum atomic E-state index is 0.119. The van der Waals surface area contributed by atoms with Gasteiger partial charge in [0.25, 0.3) is 0 Å². The second-order valence-electron chi connectivity index (χ2n) is 5.95. The van der Waals surface area contributed by atoms with Gasteiger partial charge in [-0.25, -0.2) is 0 Å². The molecule has 1 fully saturated rings. The quantitative estimate of drug-likeness (QED) is 0.895. The highest BCUT2D eigenvalue weighted by atomic mass is 16.2. The Balaban J connectivity index is 1.86. The first-order valence-corrected chi connectivity index (χ1v) is 7.63. The lowest BCUT2D eigenvalue weighted by Gasteiger charge is -2.26. The molecule has 20 heavy (non-hydrogen) atoms. The molecule has 0 aromatic heterocycles. The second kappa shape index (κ2) is 6.89. The lowest BCUT2D eigenvalue weighted by molar-refractivity contribution is -0.131. The van der Waals surface area contributed by atoms with Crippen LogP contribution in [0.4, 0.5) is 0 Å². The van der Waals surface area contributed by atoms with Crippen molar-refractivity contribution in [3.05, 3.63) is 35.4 Å². The number of nitrogens with one attached hydrogen (secondary N) is 1. The molecule has 1 aromatic rings. The molecule has 0 heterocycles. The first kappa shape index (κ1) is 15.0. The summed E-state index contributed by atoms with van der Waals surface area (Å²) in [5.74, 6) is 0.171. The van der Waals surface area contributed by atoms with Crippen LogP contribution in [0.1, 0.15) is 49.8 Å². The van der Waals surface area contributed by atoms with E-state index in [9.17, 15) is 4.79 Å². The van der Waals surface area contributed by atoms with E-state index in [0.717, 1.165) is 0 Å². The van der Waals surface area contributed by atoms with E-state index in [2.05, 4.69) is 43.4 Å². The number of carbonyl (C=O) groups excluding carboxylic acids is 1. The zero-order valence-corrected chi connectivity index (χ0v) is 12.9. The van der Waals surface area contributed by atoms with Gasteiger partial charge in [0.05, 0.1) is 12.6 Å². The maximum absolute atomic E-state index is 12.2. The van der Waals surface area contributed by atoms with Crippen molar-refractivity contribution in [1.82, 2.24) is 10.2 Å². The second-order valence-corrected chi connectivity index (χ2v) is 5.95. The number of benzene rings is 1. The fourth-order valence-corrected chi connectivity index (χ4v) is 2.77. The number of nitrogens with zero attached hydrogens (tertiary/aromatic N) is 1. The Bertz CT molecular complexity index is 435. The Morgan fingerprint density at radius 1 is 1.30 bits per heavy atom. The molecule has 1 atom stereocenters. The molecule has 1 N–H and O–H groups in total. The minimum absolute atomic E-state index is 0.119. The summed E-state index contributed by atoms with van der Waals surface area (Å²) < 4.78 is 0. The van der Waals surface area contributed by atoms with E-state index in [1.54, 1.807) is 0 Å². The summed E-state index contributed by atoms with van der Waals surface area (Å²) in [6, 6.07) is 9.07. The van der Waals surface area contributed by atoms with Crippen LogP contribution in [-0.4, -0.2) is 30.4 Å². The summed E-state index contributed by atoms with van der Waals surface area (Å²) in [6.45, 7) is 4.62. The first-order chi connectivity index (χ1) is 9.58. The third-order valence-electron chi connectivity index (χ3n) is 4.43. The summed E-state index contributed by atoms with van der Waals surface area (Å²) in [7, 11) is 1.89. The molecule has 0 aliphatic heterocycles. The van der Waals surface area contributed by atoms with Crippen LogP contribution >= 0.6 is 0 Å². The van der Waals surface area contributed by atoms with Crippen molar-refractivity contribution < 1.29 is 4.79 Å². The molecule has 1 amide bonds. The van der Waals surface area contributed by atoms with Gasteiger partial charge in [0.15, 0.2) is 0 Å². The molecule has 0 radical (unpaired) electrons. The average Bonchev–Trinajstić information content (AvgIpc) is 2.97. The number of likely N-dealkylation sites (N-methyl/N-ethyl adjacent to an activating group) is 1. The third-order valence-corrected chi connectivity index (χ3v) is 4.43. The van der Waals surface area contributed by atoms with Crippen molar-refractivity contribution in [3.8, 4) is 0 Å². The summed E-state index contributed by atoms with van der Waals surface area (Å²) in [4.78, 5) is 14.1. The van der Waals surface area contributed by atoms with Crippen LogP contribution in [0.25, 0.3) is 0 Å². The van der Waals surface area contributed by atoms with Crippen molar-refractivity contribution in [1.29, 1.82) is 0 Å². The Kier molecular flexibility index (Phi) is 5.18. The summed E-state index contributed by atoms with van der Waals surface area (Å²) >= 11 is 0. The highest BCUT2D eigenvalue weighted by Gasteiger charge is 2.20. The van der Waals surface area contributed by atoms with Gasteiger partial charge < -0.3 is 10.2 Å². The van der Waals surface area contributed by atoms with Crippen molar-refractivity contribution in [2.45, 2.75) is 51.6 Å². The summed E-state index contributed by atoms with van der Waals surface area (Å²) in [6.07, 6.45) is 5.01. The normalized spacial score (nSPS) is 17.1. The molecule has 110 valence electrons. The van der Waals surface area contributed by atoms with Crippen LogP contribution in [-0.2, 0) is 4.79 Å². The maximum atomic E-state index is 12.2. The number of rotatable bonds is 5. The number of hydrogen-bond acceptors (Lipinski definition) is 2. The molecule has 0 bridgehead atoms. The van der Waals surface area contributed by atoms with E-state index < -0.39 is 0 Å². The third kappa shape index (κ3) is 3.83. The number of hydrogen-bond donors (Lipinski definition) is 1. The number of aryl methyl sites for hydroxylation is 1. The minimum Gasteiger partial charge on any atom is -0.338 e. The van der Waals surface area contributed by atoms with Gasteiger partial charge in [0.1, 0.15) is 0 Å². The van der Waals surface area contributed by atoms with E-state index in [1.165, 1.54) is 36.8 Å². The van der Waals surface area contributed by atoms with E-state index in [-0.39, 0.29) is 11.9 Å². The van der Waals surface area contributed by atoms with Crippen LogP contribution in [0, 0.1) is 6.92 Å². The van der Waals surface area contributed by atoms with E-state index in [0.29, 0.717) is 12.6 Å². The number of amides is 1. The van der Waals surface area contributed by atoms with Crippen molar-refractivity contribution in [3.63, 3.8) is 0 Å². The van der Waals surface area contributed by atoms with Crippen molar-refractivity contribution in [2.24, 2.45) is 0 Å². The summed E-state index contributed by atoms with van der Waals surface area (Å²) in [5.41, 5.74) is 2.44. The van der Waals surface area contributed by atoms with Crippen LogP contribution in [0.5, 0.6) is 0 Å². The largest absolute Gasteiger partial charge is 0.338 e. The predicted molar refractivity (Wildman–Crippen MR) is 82.6 cm³/mol. The molecular formula is C17H26N2O. The van der Waals surface area contributed by atoms with Gasteiger partial charge in [-0.3, -0.25) is 4.79 Å². The fraction of sp³-hybridized carbons (Fsp3) is 0.588. The van der Waals surface area contributed by atoms with Crippen LogP contribution < -0.4 is 5.32 Å². The average molecular weight is 274 g/mol. The van der Waals surface area contributed by atoms with Gasteiger partial charge in [-0.05, 0) is 32.3 Å². The van der Waals surface area contributed by atoms with Crippen LogP contribution in [0.15, 0.2) is 24.3 Å². The van der Waals surface area contributed by atoms with Gasteiger partial charge in [-0.15, -0.1) is 0 Å². The molecule has 3 nitrogen and oxygen atoms in total. The predicted octanol–water partition coefficient (Wildman–Crippen LogP) is 3.05. The Hall–Kier alpha value is -1.35. The zero-order valence-electron chi connectivity index (χ0n) is 12.9. The molecule has 1 aliphatic carbocycles. The lowest BCUT2D eigenvalue weighted by Crippen LogP contribution is -2.40. The van der Waals surface area contributed by atoms with Gasteiger partial charge in [0, 0.05) is 13.1 Å². The highest BCUT2D eigenvalue weighted by molar-refractivity contribution is 5.78. The van der Waals surface area contributed by atoms with Crippen LogP contribution in [0.2, 0.25) is 0 Å². The summed E-state index contributed by atoms with van der Waals surface area (Å²) in [5, 5.41) is 3.39. The smallest absolute Gasteiger partial charge is 0.236 e. The first-order valence-electron chi connectivity index (χ1n) is 7.63. The topological polar surface area (TPSA) is 32.3 Å². The van der Waals surface area contributed by atoms with Gasteiger partial charge >= 0.3 is 0 Å². The van der Waals surface area contributed by atoms with E-state index >= 15 is 0 Å².